The summed E-state index contributed by atoms with van der Waals surface area (Å²) < 4.78 is 5.79. The molecule has 0 spiro atoms. The first kappa shape index (κ1) is 16.0. The second-order valence-electron chi connectivity index (χ2n) is 5.47. The lowest BCUT2D eigenvalue weighted by Crippen LogP contribution is -2.37. The Labute approximate surface area is 125 Å². The first-order valence-corrected chi connectivity index (χ1v) is 9.74. The second kappa shape index (κ2) is 9.50. The van der Waals surface area contributed by atoms with E-state index in [4.69, 9.17) is 4.74 Å². The average molecular weight is 306 g/mol. The minimum atomic E-state index is -0.358. The SMILES string of the molecule is OC(CNCC1CSCCS1)COC1CCCCC1. The second-order valence-corrected chi connectivity index (χ2v) is 8.03. The summed E-state index contributed by atoms with van der Waals surface area (Å²) in [6.45, 7) is 2.16. The van der Waals surface area contributed by atoms with Crippen LogP contribution in [0.1, 0.15) is 32.1 Å². The van der Waals surface area contributed by atoms with E-state index in [1.807, 2.05) is 11.8 Å². The van der Waals surface area contributed by atoms with E-state index < -0.39 is 0 Å². The number of thioether (sulfide) groups is 2. The van der Waals surface area contributed by atoms with Crippen LogP contribution in [-0.4, -0.2) is 59.5 Å². The van der Waals surface area contributed by atoms with E-state index in [-0.39, 0.29) is 6.10 Å². The monoisotopic (exact) mass is 305 g/mol. The Bertz CT molecular complexity index is 231. The number of aliphatic hydroxyl groups is 1. The molecule has 2 N–H and O–H groups in total. The van der Waals surface area contributed by atoms with E-state index in [1.54, 1.807) is 0 Å². The van der Waals surface area contributed by atoms with E-state index in [2.05, 4.69) is 17.1 Å². The van der Waals surface area contributed by atoms with E-state index in [0.717, 1.165) is 6.54 Å². The van der Waals surface area contributed by atoms with Gasteiger partial charge in [0.05, 0.1) is 18.8 Å². The molecule has 19 heavy (non-hydrogen) atoms. The molecule has 112 valence electrons. The van der Waals surface area contributed by atoms with Gasteiger partial charge in [0.1, 0.15) is 0 Å². The summed E-state index contributed by atoms with van der Waals surface area (Å²) in [5.41, 5.74) is 0. The standard InChI is InChI=1S/C14H27NO2S2/c16-12(10-17-13-4-2-1-3-5-13)8-15-9-14-11-18-6-7-19-14/h12-16H,1-11H2. The molecular weight excluding hydrogens is 278 g/mol. The molecular formula is C14H27NO2S2. The highest BCUT2D eigenvalue weighted by molar-refractivity contribution is 8.06. The van der Waals surface area contributed by atoms with Gasteiger partial charge in [0.25, 0.3) is 0 Å². The lowest BCUT2D eigenvalue weighted by Gasteiger charge is -2.24. The maximum Gasteiger partial charge on any atom is 0.0897 e. The molecule has 0 amide bonds. The van der Waals surface area contributed by atoms with Crippen LogP contribution in [-0.2, 0) is 4.74 Å². The molecule has 3 nitrogen and oxygen atoms in total. The summed E-state index contributed by atoms with van der Waals surface area (Å²) in [6.07, 6.45) is 6.31. The summed E-state index contributed by atoms with van der Waals surface area (Å²) in [5.74, 6) is 3.80. The van der Waals surface area contributed by atoms with Crippen LogP contribution in [0.5, 0.6) is 0 Å². The predicted molar refractivity (Wildman–Crippen MR) is 85.3 cm³/mol. The fraction of sp³-hybridized carbons (Fsp3) is 1.00. The first-order chi connectivity index (χ1) is 9.34. The van der Waals surface area contributed by atoms with Crippen molar-refractivity contribution in [2.45, 2.75) is 49.6 Å². The predicted octanol–water partition coefficient (Wildman–Crippen LogP) is 2.13. The summed E-state index contributed by atoms with van der Waals surface area (Å²) in [5, 5.41) is 14.0. The zero-order valence-electron chi connectivity index (χ0n) is 11.7. The Morgan fingerprint density at radius 1 is 1.21 bits per heavy atom. The molecule has 0 radical (unpaired) electrons. The van der Waals surface area contributed by atoms with Gasteiger partial charge in [-0.25, -0.2) is 0 Å². The zero-order valence-corrected chi connectivity index (χ0v) is 13.3. The topological polar surface area (TPSA) is 41.5 Å². The van der Waals surface area contributed by atoms with Crippen LogP contribution >= 0.6 is 23.5 Å². The highest BCUT2D eigenvalue weighted by Crippen LogP contribution is 2.23. The van der Waals surface area contributed by atoms with Gasteiger partial charge in [0.15, 0.2) is 0 Å². The van der Waals surface area contributed by atoms with E-state index in [9.17, 15) is 5.11 Å². The number of ether oxygens (including phenoxy) is 1. The molecule has 2 fully saturated rings. The van der Waals surface area contributed by atoms with Gasteiger partial charge in [-0.1, -0.05) is 19.3 Å². The Hall–Kier alpha value is 0.580. The van der Waals surface area contributed by atoms with Gasteiger partial charge >= 0.3 is 0 Å². The number of rotatable bonds is 7. The molecule has 1 aliphatic heterocycles. The van der Waals surface area contributed by atoms with E-state index >= 15 is 0 Å². The van der Waals surface area contributed by atoms with Crippen molar-refractivity contribution < 1.29 is 9.84 Å². The smallest absolute Gasteiger partial charge is 0.0897 e. The van der Waals surface area contributed by atoms with Crippen molar-refractivity contribution in [3.8, 4) is 0 Å². The average Bonchev–Trinajstić information content (AvgIpc) is 2.47. The van der Waals surface area contributed by atoms with Gasteiger partial charge in [-0.2, -0.15) is 23.5 Å². The van der Waals surface area contributed by atoms with E-state index in [1.165, 1.54) is 49.4 Å². The molecule has 2 unspecified atom stereocenters. The third-order valence-electron chi connectivity index (χ3n) is 3.71. The molecule has 1 saturated carbocycles. The Kier molecular flexibility index (Phi) is 7.98. The van der Waals surface area contributed by atoms with Gasteiger partial charge in [0.2, 0.25) is 0 Å². The molecule has 2 aliphatic rings. The molecule has 2 rings (SSSR count). The highest BCUT2D eigenvalue weighted by atomic mass is 32.2. The Balaban J connectivity index is 1.47. The number of aliphatic hydroxyl groups excluding tert-OH is 1. The van der Waals surface area contributed by atoms with Gasteiger partial charge in [-0.3, -0.25) is 0 Å². The van der Waals surface area contributed by atoms with Crippen molar-refractivity contribution >= 4 is 23.5 Å². The molecule has 1 heterocycles. The quantitative estimate of drug-likeness (QED) is 0.754. The lowest BCUT2D eigenvalue weighted by molar-refractivity contribution is -0.0228. The Morgan fingerprint density at radius 3 is 2.79 bits per heavy atom. The maximum absolute atomic E-state index is 9.91. The van der Waals surface area contributed by atoms with Crippen molar-refractivity contribution in [2.24, 2.45) is 0 Å². The largest absolute Gasteiger partial charge is 0.389 e. The summed E-state index contributed by atoms with van der Waals surface area (Å²) in [4.78, 5) is 0. The lowest BCUT2D eigenvalue weighted by atomic mass is 9.98. The molecule has 2 atom stereocenters. The van der Waals surface area contributed by atoms with Gasteiger partial charge in [-0.15, -0.1) is 0 Å². The zero-order chi connectivity index (χ0) is 13.3. The molecule has 1 aliphatic carbocycles. The fourth-order valence-electron chi connectivity index (χ4n) is 2.60. The minimum absolute atomic E-state index is 0.358. The summed E-state index contributed by atoms with van der Waals surface area (Å²) >= 11 is 4.10. The van der Waals surface area contributed by atoms with Crippen molar-refractivity contribution in [3.05, 3.63) is 0 Å². The van der Waals surface area contributed by atoms with Crippen LogP contribution in [0.25, 0.3) is 0 Å². The number of nitrogens with one attached hydrogen (secondary N) is 1. The van der Waals surface area contributed by atoms with Crippen LogP contribution in [0.15, 0.2) is 0 Å². The van der Waals surface area contributed by atoms with Crippen molar-refractivity contribution in [1.82, 2.24) is 5.32 Å². The summed E-state index contributed by atoms with van der Waals surface area (Å²) in [7, 11) is 0. The van der Waals surface area contributed by atoms with E-state index in [0.29, 0.717) is 24.5 Å². The molecule has 0 aromatic carbocycles. The highest BCUT2D eigenvalue weighted by Gasteiger charge is 2.17. The Morgan fingerprint density at radius 2 is 2.05 bits per heavy atom. The van der Waals surface area contributed by atoms with Crippen LogP contribution < -0.4 is 5.32 Å². The third kappa shape index (κ3) is 6.71. The number of hydrogen-bond acceptors (Lipinski definition) is 5. The van der Waals surface area contributed by atoms with Crippen LogP contribution in [0, 0.1) is 0 Å². The third-order valence-corrected chi connectivity index (χ3v) is 6.56. The van der Waals surface area contributed by atoms with Crippen LogP contribution in [0.2, 0.25) is 0 Å². The molecule has 5 heteroatoms. The molecule has 1 saturated heterocycles. The first-order valence-electron chi connectivity index (χ1n) is 7.54. The fourth-order valence-corrected chi connectivity index (χ4v) is 5.25. The molecule has 0 bridgehead atoms. The maximum atomic E-state index is 9.91. The minimum Gasteiger partial charge on any atom is -0.389 e. The van der Waals surface area contributed by atoms with Gasteiger partial charge < -0.3 is 15.2 Å². The summed E-state index contributed by atoms with van der Waals surface area (Å²) in [6, 6.07) is 0. The molecule has 0 aromatic rings. The molecule has 0 aromatic heterocycles. The van der Waals surface area contributed by atoms with Crippen molar-refractivity contribution in [2.75, 3.05) is 37.0 Å². The normalized spacial score (nSPS) is 27.3. The van der Waals surface area contributed by atoms with Crippen molar-refractivity contribution in [1.29, 1.82) is 0 Å². The van der Waals surface area contributed by atoms with Crippen LogP contribution in [0.4, 0.5) is 0 Å². The van der Waals surface area contributed by atoms with Gasteiger partial charge in [0, 0.05) is 35.6 Å². The van der Waals surface area contributed by atoms with Gasteiger partial charge in [-0.05, 0) is 12.8 Å². The van der Waals surface area contributed by atoms with Crippen molar-refractivity contribution in [3.63, 3.8) is 0 Å². The van der Waals surface area contributed by atoms with Crippen LogP contribution in [0.3, 0.4) is 0 Å². The number of hydrogen-bond donors (Lipinski definition) is 2.